The summed E-state index contributed by atoms with van der Waals surface area (Å²) in [7, 11) is 0. The molecule has 0 aromatic heterocycles. The Balaban J connectivity index is 1.95. The third-order valence-electron chi connectivity index (χ3n) is 4.71. The molecule has 2 amide bonds. The number of nitrogens with two attached hydrogens (primary N) is 1. The van der Waals surface area contributed by atoms with Crippen LogP contribution in [0.15, 0.2) is 72.6 Å². The van der Waals surface area contributed by atoms with Crippen LogP contribution in [0.25, 0.3) is 0 Å². The second-order valence-electron chi connectivity index (χ2n) is 6.69. The summed E-state index contributed by atoms with van der Waals surface area (Å²) in [5, 5.41) is 18.2. The number of amides is 2. The van der Waals surface area contributed by atoms with E-state index < -0.39 is 5.91 Å². The van der Waals surface area contributed by atoms with Crippen LogP contribution in [-0.4, -0.2) is 24.1 Å². The molecule has 0 saturated carbocycles. The van der Waals surface area contributed by atoms with Crippen LogP contribution in [0.4, 0.5) is 5.69 Å². The maximum Gasteiger partial charge on any atom is 0.254 e. The van der Waals surface area contributed by atoms with Gasteiger partial charge in [0.15, 0.2) is 0 Å². The van der Waals surface area contributed by atoms with Crippen molar-refractivity contribution in [2.45, 2.75) is 12.5 Å². The maximum atomic E-state index is 12.2. The zero-order valence-corrected chi connectivity index (χ0v) is 16.9. The Hall–Kier alpha value is -3.58. The van der Waals surface area contributed by atoms with E-state index in [-0.39, 0.29) is 23.2 Å². The summed E-state index contributed by atoms with van der Waals surface area (Å²) in [6.07, 6.45) is 1.90. The summed E-state index contributed by atoms with van der Waals surface area (Å²) in [6.45, 7) is 4.04. The molecule has 0 bridgehead atoms. The minimum Gasteiger partial charge on any atom is -0.371 e. The van der Waals surface area contributed by atoms with Gasteiger partial charge in [-0.3, -0.25) is 15.0 Å². The van der Waals surface area contributed by atoms with Gasteiger partial charge in [0.1, 0.15) is 11.4 Å². The lowest BCUT2D eigenvalue weighted by Gasteiger charge is -2.31. The fourth-order valence-corrected chi connectivity index (χ4v) is 3.39. The molecule has 1 saturated heterocycles. The molecule has 1 aliphatic heterocycles. The molecule has 7 nitrogen and oxygen atoms in total. The zero-order valence-electron chi connectivity index (χ0n) is 16.2. The Kier molecular flexibility index (Phi) is 6.54. The Morgan fingerprint density at radius 1 is 1.20 bits per heavy atom. The van der Waals surface area contributed by atoms with E-state index in [1.165, 1.54) is 6.08 Å². The molecule has 3 rings (SSSR count). The molecule has 8 heteroatoms. The number of para-hydroxylation sites is 1. The summed E-state index contributed by atoms with van der Waals surface area (Å²) in [5.74, 6) is -0.656. The Morgan fingerprint density at radius 2 is 1.90 bits per heavy atom. The topological polar surface area (TPSA) is 120 Å². The van der Waals surface area contributed by atoms with Crippen molar-refractivity contribution in [2.24, 2.45) is 5.73 Å². The number of primary amides is 1. The number of hydrogen-bond acceptors (Lipinski definition) is 5. The second kappa shape index (κ2) is 9.28. The molecule has 2 aromatic carbocycles. The Labute approximate surface area is 179 Å². The van der Waals surface area contributed by atoms with E-state index in [1.54, 1.807) is 30.3 Å². The highest BCUT2D eigenvalue weighted by molar-refractivity contribution is 6.31. The number of benzene rings is 2. The first-order valence-electron chi connectivity index (χ1n) is 9.32. The smallest absolute Gasteiger partial charge is 0.254 e. The van der Waals surface area contributed by atoms with E-state index in [2.05, 4.69) is 22.5 Å². The van der Waals surface area contributed by atoms with Crippen molar-refractivity contribution in [2.75, 3.05) is 11.9 Å². The third kappa shape index (κ3) is 4.69. The molecule has 0 radical (unpaired) electrons. The molecule has 30 heavy (non-hydrogen) atoms. The number of carbonyl (C=O) groups is 2. The lowest BCUT2D eigenvalue weighted by Crippen LogP contribution is -2.42. The number of rotatable bonds is 6. The Bertz CT molecular complexity index is 1030. The number of anilines is 1. The van der Waals surface area contributed by atoms with E-state index in [1.807, 2.05) is 18.2 Å². The van der Waals surface area contributed by atoms with Crippen molar-refractivity contribution in [1.29, 1.82) is 5.41 Å². The summed E-state index contributed by atoms with van der Waals surface area (Å²) in [5.41, 5.74) is 7.68. The summed E-state index contributed by atoms with van der Waals surface area (Å²) in [6, 6.07) is 13.8. The number of halogens is 1. The van der Waals surface area contributed by atoms with E-state index in [0.29, 0.717) is 35.1 Å². The number of hydrogen-bond donors (Lipinski definition) is 5. The van der Waals surface area contributed by atoms with Gasteiger partial charge in [-0.05, 0) is 36.3 Å². The molecule has 2 aromatic rings. The second-order valence-corrected chi connectivity index (χ2v) is 7.13. The third-order valence-corrected chi connectivity index (χ3v) is 4.96. The lowest BCUT2D eigenvalue weighted by molar-refractivity contribution is -0.114. The average Bonchev–Trinajstić information content (AvgIpc) is 2.74. The van der Waals surface area contributed by atoms with Crippen LogP contribution >= 0.6 is 11.6 Å². The van der Waals surface area contributed by atoms with Crippen molar-refractivity contribution in [3.63, 3.8) is 0 Å². The SMILES string of the molecule is C=CC(=O)Nc1ccccc1C1CCN/C(=C(/C(=N)c2ccc(Cl)cc2)C(N)=O)N1. The molecule has 1 unspecified atom stereocenters. The molecule has 1 atom stereocenters. The highest BCUT2D eigenvalue weighted by atomic mass is 35.5. The first-order valence-corrected chi connectivity index (χ1v) is 9.70. The molecule has 1 fully saturated rings. The van der Waals surface area contributed by atoms with Gasteiger partial charge in [-0.1, -0.05) is 48.5 Å². The van der Waals surface area contributed by atoms with Crippen molar-refractivity contribution < 1.29 is 9.59 Å². The zero-order chi connectivity index (χ0) is 21.7. The number of carbonyl (C=O) groups excluding carboxylic acids is 2. The van der Waals surface area contributed by atoms with Crippen molar-refractivity contribution >= 4 is 34.8 Å². The molecule has 6 N–H and O–H groups in total. The van der Waals surface area contributed by atoms with Crippen LogP contribution in [0, 0.1) is 5.41 Å². The predicted octanol–water partition coefficient (Wildman–Crippen LogP) is 2.85. The number of nitrogens with one attached hydrogen (secondary N) is 4. The van der Waals surface area contributed by atoms with Crippen LogP contribution in [0.3, 0.4) is 0 Å². The van der Waals surface area contributed by atoms with Crippen molar-refractivity contribution in [1.82, 2.24) is 10.6 Å². The van der Waals surface area contributed by atoms with Crippen molar-refractivity contribution in [3.05, 3.63) is 88.7 Å². The standard InChI is InChI=1S/C22H22ClN5O2/c1-2-18(29)27-16-6-4-3-5-15(16)17-11-12-26-22(28-17)19(21(25)30)20(24)13-7-9-14(23)10-8-13/h2-10,17,24,26,28H,1,11-12H2,(H2,25,30)(H,27,29)/b22-19+,24-20?. The molecule has 0 spiro atoms. The summed E-state index contributed by atoms with van der Waals surface area (Å²) >= 11 is 5.92. The van der Waals surface area contributed by atoms with Gasteiger partial charge in [-0.2, -0.15) is 0 Å². The quantitative estimate of drug-likeness (QED) is 0.362. The fourth-order valence-electron chi connectivity index (χ4n) is 3.26. The van der Waals surface area contributed by atoms with Gasteiger partial charge in [0.2, 0.25) is 5.91 Å². The minimum atomic E-state index is -0.723. The van der Waals surface area contributed by atoms with Crippen LogP contribution in [0.5, 0.6) is 0 Å². The highest BCUT2D eigenvalue weighted by Crippen LogP contribution is 2.28. The van der Waals surface area contributed by atoms with E-state index >= 15 is 0 Å². The van der Waals surface area contributed by atoms with Crippen LogP contribution in [0.2, 0.25) is 5.02 Å². The van der Waals surface area contributed by atoms with Crippen LogP contribution in [-0.2, 0) is 9.59 Å². The molecule has 1 heterocycles. The van der Waals surface area contributed by atoms with Gasteiger partial charge >= 0.3 is 0 Å². The Morgan fingerprint density at radius 3 is 2.57 bits per heavy atom. The maximum absolute atomic E-state index is 12.2. The highest BCUT2D eigenvalue weighted by Gasteiger charge is 2.26. The van der Waals surface area contributed by atoms with Crippen molar-refractivity contribution in [3.8, 4) is 0 Å². The van der Waals surface area contributed by atoms with E-state index in [0.717, 1.165) is 5.56 Å². The molecule has 1 aliphatic rings. The summed E-state index contributed by atoms with van der Waals surface area (Å²) in [4.78, 5) is 24.0. The monoisotopic (exact) mass is 423 g/mol. The van der Waals surface area contributed by atoms with Gasteiger partial charge in [0.25, 0.3) is 5.91 Å². The largest absolute Gasteiger partial charge is 0.371 e. The van der Waals surface area contributed by atoms with Crippen LogP contribution < -0.4 is 21.7 Å². The summed E-state index contributed by atoms with van der Waals surface area (Å²) < 4.78 is 0. The van der Waals surface area contributed by atoms with Crippen LogP contribution in [0.1, 0.15) is 23.6 Å². The van der Waals surface area contributed by atoms with E-state index in [9.17, 15) is 9.59 Å². The fraction of sp³-hybridized carbons (Fsp3) is 0.136. The van der Waals surface area contributed by atoms with Gasteiger partial charge in [0.05, 0.1) is 11.8 Å². The minimum absolute atomic E-state index is 0.0111. The molecular weight excluding hydrogens is 402 g/mol. The first-order chi connectivity index (χ1) is 14.4. The van der Waals surface area contributed by atoms with E-state index in [4.69, 9.17) is 22.7 Å². The first kappa shape index (κ1) is 21.1. The van der Waals surface area contributed by atoms with Gasteiger partial charge in [-0.25, -0.2) is 0 Å². The van der Waals surface area contributed by atoms with Gasteiger partial charge < -0.3 is 21.7 Å². The molecular formula is C22H22ClN5O2. The molecule has 0 aliphatic carbocycles. The average molecular weight is 424 g/mol. The van der Waals surface area contributed by atoms with Gasteiger partial charge in [0, 0.05) is 22.8 Å². The molecule has 154 valence electrons. The predicted molar refractivity (Wildman–Crippen MR) is 118 cm³/mol. The lowest BCUT2D eigenvalue weighted by atomic mass is 9.97. The van der Waals surface area contributed by atoms with Gasteiger partial charge in [-0.15, -0.1) is 0 Å². The normalized spacial score (nSPS) is 17.2.